The highest BCUT2D eigenvalue weighted by molar-refractivity contribution is 5.91. The van der Waals surface area contributed by atoms with Gasteiger partial charge in [-0.1, -0.05) is 30.3 Å². The molecule has 2 aromatic heterocycles. The van der Waals surface area contributed by atoms with E-state index in [1.807, 2.05) is 49.4 Å². The fourth-order valence-electron chi connectivity index (χ4n) is 2.78. The predicted octanol–water partition coefficient (Wildman–Crippen LogP) is 4.95. The smallest absolute Gasteiger partial charge is 0.226 e. The zero-order valence-corrected chi connectivity index (χ0v) is 13.7. The number of aryl methyl sites for hydroxylation is 1. The number of fused-ring (bicyclic) bond motifs is 1. The Morgan fingerprint density at radius 2 is 1.88 bits per heavy atom. The van der Waals surface area contributed by atoms with Crippen LogP contribution in [0.2, 0.25) is 0 Å². The van der Waals surface area contributed by atoms with Crippen LogP contribution in [0.3, 0.4) is 0 Å². The van der Waals surface area contributed by atoms with Crippen LogP contribution in [0, 0.1) is 12.7 Å². The summed E-state index contributed by atoms with van der Waals surface area (Å²) < 4.78 is 19.5. The lowest BCUT2D eigenvalue weighted by atomic mass is 10.1. The molecule has 0 radical (unpaired) electrons. The van der Waals surface area contributed by atoms with E-state index in [1.165, 1.54) is 6.07 Å². The first-order valence-corrected chi connectivity index (χ1v) is 8.00. The predicted molar refractivity (Wildman–Crippen MR) is 95.7 cm³/mol. The fourth-order valence-corrected chi connectivity index (χ4v) is 2.78. The van der Waals surface area contributed by atoms with Crippen LogP contribution in [0.5, 0.6) is 0 Å². The summed E-state index contributed by atoms with van der Waals surface area (Å²) in [6.45, 7) is 2.33. The van der Waals surface area contributed by atoms with E-state index in [0.717, 1.165) is 28.0 Å². The minimum Gasteiger partial charge on any atom is -0.444 e. The molecule has 25 heavy (non-hydrogen) atoms. The second-order valence-corrected chi connectivity index (χ2v) is 5.81. The summed E-state index contributed by atoms with van der Waals surface area (Å²) in [7, 11) is 0. The summed E-state index contributed by atoms with van der Waals surface area (Å²) in [5.41, 5.74) is 3.66. The monoisotopic (exact) mass is 333 g/mol. The number of benzene rings is 2. The Morgan fingerprint density at radius 1 is 1.04 bits per heavy atom. The molecule has 4 rings (SSSR count). The van der Waals surface area contributed by atoms with Crippen LogP contribution in [-0.4, -0.2) is 9.97 Å². The van der Waals surface area contributed by atoms with Gasteiger partial charge in [-0.15, -0.1) is 0 Å². The number of hydrogen-bond donors (Lipinski definition) is 1. The molecule has 0 spiro atoms. The van der Waals surface area contributed by atoms with Gasteiger partial charge in [-0.3, -0.25) is 0 Å². The molecule has 0 saturated carbocycles. The van der Waals surface area contributed by atoms with Crippen LogP contribution in [0.1, 0.15) is 11.4 Å². The normalized spacial score (nSPS) is 11.0. The van der Waals surface area contributed by atoms with Crippen molar-refractivity contribution in [1.29, 1.82) is 0 Å². The van der Waals surface area contributed by atoms with Gasteiger partial charge in [0.1, 0.15) is 17.6 Å². The number of oxazole rings is 1. The molecule has 124 valence electrons. The summed E-state index contributed by atoms with van der Waals surface area (Å²) in [5, 5.41) is 4.06. The maximum absolute atomic E-state index is 14.0. The minimum absolute atomic E-state index is 0.322. The zero-order valence-electron chi connectivity index (χ0n) is 13.7. The standard InChI is InChI=1S/C20H16FN3O/c1-13-10-18(16-8-5-9-17(21)19(16)23-13)22-11-15-12-25-20(24-15)14-6-3-2-4-7-14/h2-10,12H,11H2,1H3,(H,22,23). The van der Waals surface area contributed by atoms with Gasteiger partial charge >= 0.3 is 0 Å². The first-order chi connectivity index (χ1) is 12.2. The van der Waals surface area contributed by atoms with Gasteiger partial charge < -0.3 is 9.73 Å². The second-order valence-electron chi connectivity index (χ2n) is 5.81. The van der Waals surface area contributed by atoms with Crippen molar-refractivity contribution >= 4 is 16.6 Å². The number of rotatable bonds is 4. The van der Waals surface area contributed by atoms with Crippen molar-refractivity contribution in [1.82, 2.24) is 9.97 Å². The first kappa shape index (κ1) is 15.3. The highest BCUT2D eigenvalue weighted by atomic mass is 19.1. The molecular formula is C20H16FN3O. The summed E-state index contributed by atoms with van der Waals surface area (Å²) in [6, 6.07) is 16.6. The van der Waals surface area contributed by atoms with Gasteiger partial charge in [-0.2, -0.15) is 0 Å². The molecule has 0 amide bonds. The molecule has 5 heteroatoms. The van der Waals surface area contributed by atoms with E-state index < -0.39 is 0 Å². The van der Waals surface area contributed by atoms with Crippen LogP contribution >= 0.6 is 0 Å². The third kappa shape index (κ3) is 3.08. The van der Waals surface area contributed by atoms with Crippen molar-refractivity contribution < 1.29 is 8.81 Å². The van der Waals surface area contributed by atoms with E-state index in [2.05, 4.69) is 15.3 Å². The molecule has 2 aromatic carbocycles. The summed E-state index contributed by atoms with van der Waals surface area (Å²) in [4.78, 5) is 8.78. The van der Waals surface area contributed by atoms with Crippen LogP contribution in [-0.2, 0) is 6.54 Å². The summed E-state index contributed by atoms with van der Waals surface area (Å²) in [5.74, 6) is 0.260. The van der Waals surface area contributed by atoms with E-state index in [-0.39, 0.29) is 5.82 Å². The number of nitrogens with zero attached hydrogens (tertiary/aromatic N) is 2. The Hall–Kier alpha value is -3.21. The first-order valence-electron chi connectivity index (χ1n) is 8.00. The minimum atomic E-state index is -0.322. The molecule has 1 N–H and O–H groups in total. The Balaban J connectivity index is 1.59. The average Bonchev–Trinajstić information content (AvgIpc) is 3.10. The van der Waals surface area contributed by atoms with Gasteiger partial charge in [-0.05, 0) is 31.2 Å². The Kier molecular flexibility index (Phi) is 3.90. The van der Waals surface area contributed by atoms with E-state index in [0.29, 0.717) is 18.0 Å². The highest BCUT2D eigenvalue weighted by Gasteiger charge is 2.10. The van der Waals surface area contributed by atoms with Crippen molar-refractivity contribution in [3.05, 3.63) is 78.1 Å². The van der Waals surface area contributed by atoms with Crippen LogP contribution in [0.4, 0.5) is 10.1 Å². The molecule has 0 unspecified atom stereocenters. The van der Waals surface area contributed by atoms with Crippen molar-refractivity contribution in [2.24, 2.45) is 0 Å². The van der Waals surface area contributed by atoms with Crippen LogP contribution < -0.4 is 5.32 Å². The Labute approximate surface area is 144 Å². The van der Waals surface area contributed by atoms with Crippen molar-refractivity contribution in [3.8, 4) is 11.5 Å². The third-order valence-electron chi connectivity index (χ3n) is 3.95. The van der Waals surface area contributed by atoms with Gasteiger partial charge in [-0.25, -0.2) is 14.4 Å². The topological polar surface area (TPSA) is 51.0 Å². The summed E-state index contributed by atoms with van der Waals surface area (Å²) in [6.07, 6.45) is 1.63. The number of pyridine rings is 1. The molecule has 0 fully saturated rings. The lowest BCUT2D eigenvalue weighted by Gasteiger charge is -2.10. The van der Waals surface area contributed by atoms with E-state index in [1.54, 1.807) is 12.3 Å². The molecule has 0 bridgehead atoms. The molecule has 0 aliphatic rings. The lowest BCUT2D eigenvalue weighted by Crippen LogP contribution is -2.02. The molecule has 0 aliphatic carbocycles. The second kappa shape index (κ2) is 6.36. The fraction of sp³-hybridized carbons (Fsp3) is 0.100. The Bertz CT molecular complexity index is 1030. The number of para-hydroxylation sites is 1. The SMILES string of the molecule is Cc1cc(NCc2coc(-c3ccccc3)n2)c2cccc(F)c2n1. The highest BCUT2D eigenvalue weighted by Crippen LogP contribution is 2.26. The number of nitrogens with one attached hydrogen (secondary N) is 1. The zero-order chi connectivity index (χ0) is 17.2. The van der Waals surface area contributed by atoms with Crippen LogP contribution in [0.25, 0.3) is 22.4 Å². The van der Waals surface area contributed by atoms with Gasteiger partial charge in [0, 0.05) is 22.3 Å². The van der Waals surface area contributed by atoms with Crippen molar-refractivity contribution in [2.45, 2.75) is 13.5 Å². The molecule has 4 aromatic rings. The summed E-state index contributed by atoms with van der Waals surface area (Å²) >= 11 is 0. The van der Waals surface area contributed by atoms with Gasteiger partial charge in [0.05, 0.1) is 12.2 Å². The Morgan fingerprint density at radius 3 is 2.72 bits per heavy atom. The largest absolute Gasteiger partial charge is 0.444 e. The van der Waals surface area contributed by atoms with Crippen LogP contribution in [0.15, 0.2) is 65.3 Å². The number of hydrogen-bond acceptors (Lipinski definition) is 4. The molecule has 0 aliphatic heterocycles. The molecule has 0 atom stereocenters. The number of halogens is 1. The van der Waals surface area contributed by atoms with Crippen molar-refractivity contribution in [2.75, 3.05) is 5.32 Å². The number of anilines is 1. The van der Waals surface area contributed by atoms with E-state index in [9.17, 15) is 4.39 Å². The molecule has 4 nitrogen and oxygen atoms in total. The molecule has 2 heterocycles. The van der Waals surface area contributed by atoms with Gasteiger partial charge in [0.25, 0.3) is 0 Å². The van der Waals surface area contributed by atoms with E-state index >= 15 is 0 Å². The molecule has 0 saturated heterocycles. The van der Waals surface area contributed by atoms with Gasteiger partial charge in [0.15, 0.2) is 0 Å². The number of aromatic nitrogens is 2. The third-order valence-corrected chi connectivity index (χ3v) is 3.95. The quantitative estimate of drug-likeness (QED) is 0.574. The molecular weight excluding hydrogens is 317 g/mol. The average molecular weight is 333 g/mol. The van der Waals surface area contributed by atoms with E-state index in [4.69, 9.17) is 4.42 Å². The maximum atomic E-state index is 14.0. The van der Waals surface area contributed by atoms with Crippen molar-refractivity contribution in [3.63, 3.8) is 0 Å². The maximum Gasteiger partial charge on any atom is 0.226 e. The van der Waals surface area contributed by atoms with Gasteiger partial charge in [0.2, 0.25) is 5.89 Å². The lowest BCUT2D eigenvalue weighted by molar-refractivity contribution is 0.573.